The van der Waals surface area contributed by atoms with Gasteiger partial charge in [-0.25, -0.2) is 0 Å². The summed E-state index contributed by atoms with van der Waals surface area (Å²) in [5.41, 5.74) is -6.21. The lowest BCUT2D eigenvalue weighted by molar-refractivity contribution is -0.343. The van der Waals surface area contributed by atoms with Gasteiger partial charge in [-0.3, -0.25) is 0 Å². The summed E-state index contributed by atoms with van der Waals surface area (Å²) in [4.78, 5) is 0. The van der Waals surface area contributed by atoms with E-state index in [9.17, 15) is 31.4 Å². The van der Waals surface area contributed by atoms with Gasteiger partial charge in [-0.1, -0.05) is 59.9 Å². The molecule has 0 bridgehead atoms. The van der Waals surface area contributed by atoms with E-state index < -0.39 is 41.4 Å². The van der Waals surface area contributed by atoms with Gasteiger partial charge in [0.05, 0.1) is 0 Å². The number of fused-ring (bicyclic) bond motifs is 1. The first kappa shape index (κ1) is 37.6. The number of hydrogen-bond acceptors (Lipinski definition) is 3. The summed E-state index contributed by atoms with van der Waals surface area (Å²) in [6, 6.07) is 0. The maximum absolute atomic E-state index is 13.4. The fraction of sp³-hybridized carbons (Fsp3) is 0.935. The topological polar surface area (TPSA) is 38.7 Å². The molecule has 0 radical (unpaired) electrons. The Morgan fingerprint density at radius 1 is 0.929 bits per heavy atom. The van der Waals surface area contributed by atoms with Crippen LogP contribution in [-0.4, -0.2) is 52.8 Å². The molecule has 11 heteroatoms. The lowest BCUT2D eigenvalue weighted by Gasteiger charge is -2.52. The van der Waals surface area contributed by atoms with Crippen molar-refractivity contribution in [1.82, 2.24) is 0 Å². The zero-order valence-electron chi connectivity index (χ0n) is 27.3. The van der Waals surface area contributed by atoms with Crippen molar-refractivity contribution < 1.29 is 40.3 Å². The van der Waals surface area contributed by atoms with Gasteiger partial charge in [0.25, 0.3) is 0 Å². The quantitative estimate of drug-likeness (QED) is 0.147. The molecule has 3 nitrogen and oxygen atoms in total. The largest absolute Gasteiger partial charge is 0.438 e. The predicted octanol–water partition coefficient (Wildman–Crippen LogP) is 8.95. The first-order valence-electron chi connectivity index (χ1n) is 15.4. The molecule has 0 aromatic heterocycles. The van der Waals surface area contributed by atoms with E-state index in [2.05, 4.69) is 53.3 Å². The molecule has 0 aromatic carbocycles. The Kier molecular flexibility index (Phi) is 11.4. The first-order chi connectivity index (χ1) is 18.8. The van der Waals surface area contributed by atoms with Gasteiger partial charge in [-0.05, 0) is 99.1 Å². The van der Waals surface area contributed by atoms with E-state index >= 15 is 0 Å². The second kappa shape index (κ2) is 12.7. The molecular formula is C31H54F6O3Si2. The van der Waals surface area contributed by atoms with Gasteiger partial charge in [0.1, 0.15) is 0 Å². The number of hydrogen-bond donors (Lipinski definition) is 1. The molecule has 2 rings (SSSR count). The standard InChI is InChI=1S/C31H54F6O3Si2/c1-25(2,3)42(9,10)39-23-14-11-20-28(7)22(23)15-16-24(28)27(6,18-12-17-26(4,5)40-41-8)19-13-21-29(38,30(32,33)34)31(35,36)37/h22-24,38H,11-12,14-20,41H2,1-10H3/t22?,23-,24?,27+,28-/m0/s1. The molecule has 0 saturated heterocycles. The van der Waals surface area contributed by atoms with Crippen LogP contribution >= 0.6 is 0 Å². The summed E-state index contributed by atoms with van der Waals surface area (Å²) in [6.45, 7) is 21.4. The van der Waals surface area contributed by atoms with Crippen LogP contribution in [0.2, 0.25) is 24.7 Å². The summed E-state index contributed by atoms with van der Waals surface area (Å²) >= 11 is 0. The molecule has 1 N–H and O–H groups in total. The highest BCUT2D eigenvalue weighted by Gasteiger charge is 2.70. The smallest absolute Gasteiger partial charge is 0.419 e. The van der Waals surface area contributed by atoms with Crippen molar-refractivity contribution in [2.45, 2.75) is 161 Å². The van der Waals surface area contributed by atoms with Crippen molar-refractivity contribution in [2.24, 2.45) is 22.7 Å². The van der Waals surface area contributed by atoms with E-state index in [1.807, 2.05) is 20.8 Å². The molecule has 0 amide bonds. The number of halogens is 6. The number of aliphatic hydroxyl groups is 1. The van der Waals surface area contributed by atoms with Crippen LogP contribution in [0, 0.1) is 34.5 Å². The van der Waals surface area contributed by atoms with Crippen molar-refractivity contribution in [3.63, 3.8) is 0 Å². The third-order valence-electron chi connectivity index (χ3n) is 10.8. The van der Waals surface area contributed by atoms with Crippen LogP contribution in [-0.2, 0) is 8.85 Å². The highest BCUT2D eigenvalue weighted by Crippen LogP contribution is 2.63. The van der Waals surface area contributed by atoms with Crippen LogP contribution in [0.1, 0.15) is 106 Å². The molecule has 5 atom stereocenters. The summed E-state index contributed by atoms with van der Waals surface area (Å²) in [5.74, 6) is 3.78. The molecule has 2 fully saturated rings. The van der Waals surface area contributed by atoms with Crippen molar-refractivity contribution in [3.05, 3.63) is 0 Å². The Bertz CT molecular complexity index is 964. The van der Waals surface area contributed by atoms with E-state index in [1.165, 1.54) is 5.92 Å². The second-order valence-electron chi connectivity index (χ2n) is 15.4. The van der Waals surface area contributed by atoms with Crippen molar-refractivity contribution in [1.29, 1.82) is 0 Å². The Morgan fingerprint density at radius 2 is 1.50 bits per heavy atom. The fourth-order valence-corrected chi connectivity index (χ4v) is 9.72. The zero-order chi connectivity index (χ0) is 32.6. The predicted molar refractivity (Wildman–Crippen MR) is 161 cm³/mol. The second-order valence-corrected chi connectivity index (χ2v) is 21.1. The molecule has 2 aliphatic rings. The van der Waals surface area contributed by atoms with Crippen LogP contribution in [0.4, 0.5) is 26.3 Å². The SMILES string of the molecule is C[SiH2]OC(C)(C)CCC[C@](C)(CC#CC(O)(C(F)(F)F)C(F)(F)F)C1CCC2[C@@H](O[Si](C)(C)C(C)(C)C)CCC[C@@]21C. The van der Waals surface area contributed by atoms with Crippen LogP contribution in [0.15, 0.2) is 0 Å². The molecular weight excluding hydrogens is 590 g/mol. The maximum atomic E-state index is 13.4. The molecule has 246 valence electrons. The Hall–Kier alpha value is -0.546. The van der Waals surface area contributed by atoms with Gasteiger partial charge in [-0.2, -0.15) is 26.3 Å². The van der Waals surface area contributed by atoms with Gasteiger partial charge >= 0.3 is 18.0 Å². The van der Waals surface area contributed by atoms with Crippen LogP contribution in [0.3, 0.4) is 0 Å². The van der Waals surface area contributed by atoms with Gasteiger partial charge in [-0.15, -0.1) is 0 Å². The van der Waals surface area contributed by atoms with Gasteiger partial charge < -0.3 is 14.0 Å². The maximum Gasteiger partial charge on any atom is 0.438 e. The Labute approximate surface area is 253 Å². The van der Waals surface area contributed by atoms with Crippen LogP contribution in [0.25, 0.3) is 0 Å². The molecule has 0 heterocycles. The normalized spacial score (nSPS) is 28.0. The molecule has 2 saturated carbocycles. The average molecular weight is 645 g/mol. The highest BCUT2D eigenvalue weighted by atomic mass is 28.4. The molecule has 0 spiro atoms. The number of alkyl halides is 6. The number of rotatable bonds is 10. The minimum atomic E-state index is -5.96. The Balaban J connectivity index is 2.46. The minimum Gasteiger partial charge on any atom is -0.419 e. The summed E-state index contributed by atoms with van der Waals surface area (Å²) in [5, 5.41) is 9.73. The third-order valence-corrected chi connectivity index (χ3v) is 16.4. The lowest BCUT2D eigenvalue weighted by Crippen LogP contribution is -2.55. The summed E-state index contributed by atoms with van der Waals surface area (Å²) in [7, 11) is -2.71. The van der Waals surface area contributed by atoms with Gasteiger partial charge in [0.15, 0.2) is 18.1 Å². The van der Waals surface area contributed by atoms with E-state index in [4.69, 9.17) is 8.85 Å². The fourth-order valence-electron chi connectivity index (χ4n) is 7.40. The molecule has 42 heavy (non-hydrogen) atoms. The minimum absolute atomic E-state index is 0.0459. The van der Waals surface area contributed by atoms with E-state index in [0.29, 0.717) is 12.8 Å². The average Bonchev–Trinajstić information content (AvgIpc) is 3.15. The highest BCUT2D eigenvalue weighted by molar-refractivity contribution is 6.74. The summed E-state index contributed by atoms with van der Waals surface area (Å²) < 4.78 is 93.2. The molecule has 0 aromatic rings. The van der Waals surface area contributed by atoms with Crippen LogP contribution in [0.5, 0.6) is 0 Å². The van der Waals surface area contributed by atoms with Crippen molar-refractivity contribution in [3.8, 4) is 11.8 Å². The monoisotopic (exact) mass is 644 g/mol. The molecule has 0 aliphatic heterocycles. The lowest BCUT2D eigenvalue weighted by atomic mass is 9.56. The Morgan fingerprint density at radius 3 is 2.00 bits per heavy atom. The van der Waals surface area contributed by atoms with Crippen molar-refractivity contribution >= 4 is 18.1 Å². The van der Waals surface area contributed by atoms with Gasteiger partial charge in [0.2, 0.25) is 0 Å². The van der Waals surface area contributed by atoms with E-state index in [1.54, 1.807) is 0 Å². The summed E-state index contributed by atoms with van der Waals surface area (Å²) in [6.07, 6.45) is -5.34. The van der Waals surface area contributed by atoms with E-state index in [0.717, 1.165) is 38.5 Å². The third kappa shape index (κ3) is 7.99. The van der Waals surface area contributed by atoms with E-state index in [-0.39, 0.29) is 40.4 Å². The molecule has 2 unspecified atom stereocenters. The van der Waals surface area contributed by atoms with Gasteiger partial charge in [0, 0.05) is 18.1 Å². The van der Waals surface area contributed by atoms with Crippen molar-refractivity contribution in [2.75, 3.05) is 0 Å². The van der Waals surface area contributed by atoms with Crippen LogP contribution < -0.4 is 0 Å². The molecule has 2 aliphatic carbocycles. The zero-order valence-corrected chi connectivity index (χ0v) is 29.7. The first-order valence-corrected chi connectivity index (χ1v) is 20.3.